The predicted molar refractivity (Wildman–Crippen MR) is 116 cm³/mol. The SMILES string of the molecule is Cc1ccc(Oc2ccnc(Nc3ccc(S(=O)(=O)NC4CCC4)cc3)c2)c(C)n1. The molecule has 2 heterocycles. The van der Waals surface area contributed by atoms with Crippen LogP contribution in [0.3, 0.4) is 0 Å². The van der Waals surface area contributed by atoms with Crippen molar-refractivity contribution in [1.82, 2.24) is 14.7 Å². The number of hydrogen-bond acceptors (Lipinski definition) is 6. The molecular weight excluding hydrogens is 400 g/mol. The molecule has 0 radical (unpaired) electrons. The van der Waals surface area contributed by atoms with Crippen LogP contribution in [0.5, 0.6) is 11.5 Å². The largest absolute Gasteiger partial charge is 0.455 e. The van der Waals surface area contributed by atoms with Gasteiger partial charge in [-0.1, -0.05) is 6.42 Å². The highest BCUT2D eigenvalue weighted by Crippen LogP contribution is 2.27. The third kappa shape index (κ3) is 4.77. The number of nitrogens with zero attached hydrogens (tertiary/aromatic N) is 2. The van der Waals surface area contributed by atoms with Gasteiger partial charge >= 0.3 is 0 Å². The lowest BCUT2D eigenvalue weighted by molar-refractivity contribution is 0.383. The van der Waals surface area contributed by atoms with Gasteiger partial charge in [0.25, 0.3) is 0 Å². The topological polar surface area (TPSA) is 93.2 Å². The van der Waals surface area contributed by atoms with E-state index in [1.54, 1.807) is 42.6 Å². The van der Waals surface area contributed by atoms with Gasteiger partial charge in [-0.3, -0.25) is 4.98 Å². The normalized spacial score (nSPS) is 14.2. The molecule has 0 unspecified atom stereocenters. The van der Waals surface area contributed by atoms with Crippen LogP contribution in [0.1, 0.15) is 30.7 Å². The van der Waals surface area contributed by atoms with E-state index in [0.29, 0.717) is 17.3 Å². The molecular formula is C22H24N4O3S. The Labute approximate surface area is 176 Å². The third-order valence-corrected chi connectivity index (χ3v) is 6.54. The number of nitrogens with one attached hydrogen (secondary N) is 2. The molecule has 0 aliphatic heterocycles. The number of ether oxygens (including phenoxy) is 1. The van der Waals surface area contributed by atoms with Crippen molar-refractivity contribution >= 4 is 21.5 Å². The maximum Gasteiger partial charge on any atom is 0.240 e. The quantitative estimate of drug-likeness (QED) is 0.582. The van der Waals surface area contributed by atoms with Gasteiger partial charge in [0.2, 0.25) is 10.0 Å². The van der Waals surface area contributed by atoms with Gasteiger partial charge in [0.1, 0.15) is 17.3 Å². The molecule has 2 aromatic heterocycles. The molecule has 7 nitrogen and oxygen atoms in total. The molecule has 1 aromatic carbocycles. The summed E-state index contributed by atoms with van der Waals surface area (Å²) < 4.78 is 33.5. The first-order valence-corrected chi connectivity index (χ1v) is 11.3. The lowest BCUT2D eigenvalue weighted by atomic mass is 9.94. The van der Waals surface area contributed by atoms with Crippen molar-refractivity contribution in [2.45, 2.75) is 44.0 Å². The van der Waals surface area contributed by atoms with Crippen molar-refractivity contribution < 1.29 is 13.2 Å². The third-order valence-electron chi connectivity index (χ3n) is 5.00. The highest BCUT2D eigenvalue weighted by Gasteiger charge is 2.24. The Morgan fingerprint density at radius 1 is 1.03 bits per heavy atom. The van der Waals surface area contributed by atoms with Crippen LogP contribution < -0.4 is 14.8 Å². The maximum atomic E-state index is 12.4. The van der Waals surface area contributed by atoms with Crippen LogP contribution in [-0.2, 0) is 10.0 Å². The van der Waals surface area contributed by atoms with Crippen molar-refractivity contribution in [2.24, 2.45) is 0 Å². The van der Waals surface area contributed by atoms with Gasteiger partial charge in [0.05, 0.1) is 10.6 Å². The molecule has 0 amide bonds. The number of rotatable bonds is 7. The van der Waals surface area contributed by atoms with Crippen molar-refractivity contribution in [3.05, 3.63) is 66.1 Å². The smallest absolute Gasteiger partial charge is 0.240 e. The molecule has 1 aliphatic carbocycles. The average molecular weight is 425 g/mol. The summed E-state index contributed by atoms with van der Waals surface area (Å²) in [6.45, 7) is 3.84. The average Bonchev–Trinajstić information content (AvgIpc) is 2.68. The molecule has 30 heavy (non-hydrogen) atoms. The summed E-state index contributed by atoms with van der Waals surface area (Å²) in [7, 11) is -3.48. The number of hydrogen-bond donors (Lipinski definition) is 2. The monoisotopic (exact) mass is 424 g/mol. The number of aromatic nitrogens is 2. The molecule has 156 valence electrons. The number of benzene rings is 1. The zero-order valence-electron chi connectivity index (χ0n) is 16.9. The van der Waals surface area contributed by atoms with Crippen molar-refractivity contribution in [3.63, 3.8) is 0 Å². The fraction of sp³-hybridized carbons (Fsp3) is 0.273. The van der Waals surface area contributed by atoms with Gasteiger partial charge in [0, 0.05) is 29.7 Å². The maximum absolute atomic E-state index is 12.4. The van der Waals surface area contributed by atoms with Crippen LogP contribution in [0.25, 0.3) is 0 Å². The van der Waals surface area contributed by atoms with Crippen LogP contribution in [0, 0.1) is 13.8 Å². The van der Waals surface area contributed by atoms with Gasteiger partial charge < -0.3 is 10.1 Å². The van der Waals surface area contributed by atoms with E-state index in [-0.39, 0.29) is 10.9 Å². The Balaban J connectivity index is 1.44. The highest BCUT2D eigenvalue weighted by molar-refractivity contribution is 7.89. The van der Waals surface area contributed by atoms with Crippen molar-refractivity contribution in [1.29, 1.82) is 0 Å². The van der Waals surface area contributed by atoms with Crippen LogP contribution >= 0.6 is 0 Å². The van der Waals surface area contributed by atoms with E-state index in [4.69, 9.17) is 4.74 Å². The van der Waals surface area contributed by atoms with E-state index >= 15 is 0 Å². The summed E-state index contributed by atoms with van der Waals surface area (Å²) in [5, 5.41) is 3.17. The van der Waals surface area contributed by atoms with Gasteiger partial charge in [-0.2, -0.15) is 0 Å². The Kier molecular flexibility index (Phi) is 5.69. The predicted octanol–water partition coefficient (Wildman–Crippen LogP) is 4.46. The Morgan fingerprint density at radius 3 is 2.47 bits per heavy atom. The fourth-order valence-corrected chi connectivity index (χ4v) is 4.44. The molecule has 2 N–H and O–H groups in total. The van der Waals surface area contributed by atoms with Crippen LogP contribution in [0.2, 0.25) is 0 Å². The molecule has 1 aliphatic rings. The molecule has 4 rings (SSSR count). The van der Waals surface area contributed by atoms with Gasteiger partial charge in [-0.15, -0.1) is 0 Å². The second-order valence-corrected chi connectivity index (χ2v) is 9.13. The summed E-state index contributed by atoms with van der Waals surface area (Å²) in [4.78, 5) is 8.97. The zero-order valence-corrected chi connectivity index (χ0v) is 17.7. The van der Waals surface area contributed by atoms with E-state index in [9.17, 15) is 8.42 Å². The molecule has 0 atom stereocenters. The number of aryl methyl sites for hydroxylation is 2. The van der Waals surface area contributed by atoms with E-state index in [0.717, 1.165) is 36.3 Å². The Hall–Kier alpha value is -2.97. The highest BCUT2D eigenvalue weighted by atomic mass is 32.2. The van der Waals surface area contributed by atoms with E-state index in [2.05, 4.69) is 20.0 Å². The summed E-state index contributed by atoms with van der Waals surface area (Å²) in [5.74, 6) is 1.91. The summed E-state index contributed by atoms with van der Waals surface area (Å²) >= 11 is 0. The van der Waals surface area contributed by atoms with Gasteiger partial charge in [-0.25, -0.2) is 18.1 Å². The summed E-state index contributed by atoms with van der Waals surface area (Å²) in [5.41, 5.74) is 2.48. The number of pyridine rings is 2. The van der Waals surface area contributed by atoms with Crippen LogP contribution in [-0.4, -0.2) is 24.4 Å². The summed E-state index contributed by atoms with van der Waals surface area (Å²) in [6, 6.07) is 14.0. The molecule has 1 fully saturated rings. The first kappa shape index (κ1) is 20.3. The molecule has 0 bridgehead atoms. The first-order valence-electron chi connectivity index (χ1n) is 9.87. The van der Waals surface area contributed by atoms with Crippen molar-refractivity contribution in [2.75, 3.05) is 5.32 Å². The number of sulfonamides is 1. The Morgan fingerprint density at radius 2 is 1.80 bits per heavy atom. The van der Waals surface area contributed by atoms with E-state index in [1.807, 2.05) is 26.0 Å². The van der Waals surface area contributed by atoms with Crippen LogP contribution in [0.15, 0.2) is 59.6 Å². The van der Waals surface area contributed by atoms with E-state index < -0.39 is 10.0 Å². The standard InChI is InChI=1S/C22H24N4O3S/c1-15-6-11-21(16(2)24-15)29-19-12-13-23-22(14-19)25-17-7-9-20(10-8-17)30(27,28)26-18-4-3-5-18/h6-14,18,26H,3-5H2,1-2H3,(H,23,25). The zero-order chi connectivity index (χ0) is 21.1. The molecule has 3 aromatic rings. The molecule has 8 heteroatoms. The molecule has 0 saturated heterocycles. The lowest BCUT2D eigenvalue weighted by Gasteiger charge is -2.26. The lowest BCUT2D eigenvalue weighted by Crippen LogP contribution is -2.39. The molecule has 1 saturated carbocycles. The first-order chi connectivity index (χ1) is 14.4. The fourth-order valence-electron chi connectivity index (χ4n) is 3.13. The summed E-state index contributed by atoms with van der Waals surface area (Å²) in [6.07, 6.45) is 4.53. The van der Waals surface area contributed by atoms with E-state index in [1.165, 1.54) is 0 Å². The molecule has 0 spiro atoms. The second kappa shape index (κ2) is 8.41. The minimum Gasteiger partial charge on any atom is -0.455 e. The second-order valence-electron chi connectivity index (χ2n) is 7.41. The van der Waals surface area contributed by atoms with Gasteiger partial charge in [0.15, 0.2) is 0 Å². The van der Waals surface area contributed by atoms with Gasteiger partial charge in [-0.05, 0) is 69.2 Å². The minimum atomic E-state index is -3.48. The van der Waals surface area contributed by atoms with Crippen molar-refractivity contribution in [3.8, 4) is 11.5 Å². The van der Waals surface area contributed by atoms with Crippen LogP contribution in [0.4, 0.5) is 11.5 Å². The Bertz CT molecular complexity index is 1140. The number of anilines is 2. The minimum absolute atomic E-state index is 0.0621.